The summed E-state index contributed by atoms with van der Waals surface area (Å²) in [6.07, 6.45) is 0.00454. The number of rotatable bonds is 4. The van der Waals surface area contributed by atoms with Crippen molar-refractivity contribution in [3.8, 4) is 0 Å². The van der Waals surface area contributed by atoms with E-state index in [1.54, 1.807) is 12.1 Å². The van der Waals surface area contributed by atoms with Crippen LogP contribution in [0, 0.1) is 22.9 Å². The number of benzene rings is 2. The van der Waals surface area contributed by atoms with Gasteiger partial charge in [0.2, 0.25) is 0 Å². The van der Waals surface area contributed by atoms with E-state index in [-0.39, 0.29) is 17.7 Å². The summed E-state index contributed by atoms with van der Waals surface area (Å²) in [6, 6.07) is 10.1. The summed E-state index contributed by atoms with van der Waals surface area (Å²) in [5.74, 6) is -1.14. The van der Waals surface area contributed by atoms with Crippen LogP contribution >= 0.6 is 0 Å². The predicted molar refractivity (Wildman–Crippen MR) is 72.3 cm³/mol. The summed E-state index contributed by atoms with van der Waals surface area (Å²) in [7, 11) is 0. The van der Waals surface area contributed by atoms with E-state index < -0.39 is 16.5 Å². The van der Waals surface area contributed by atoms with Crippen molar-refractivity contribution in [3.63, 3.8) is 0 Å². The van der Waals surface area contributed by atoms with Crippen LogP contribution < -0.4 is 0 Å². The molecule has 0 atom stereocenters. The lowest BCUT2D eigenvalue weighted by Gasteiger charge is -2.04. The molecule has 20 heavy (non-hydrogen) atoms. The summed E-state index contributed by atoms with van der Waals surface area (Å²) in [5.41, 5.74) is 1.22. The fourth-order valence-corrected chi connectivity index (χ4v) is 1.88. The first-order valence-electron chi connectivity index (χ1n) is 6.00. The zero-order chi connectivity index (χ0) is 14.7. The molecule has 0 saturated heterocycles. The first kappa shape index (κ1) is 13.9. The van der Waals surface area contributed by atoms with Crippen LogP contribution in [0.3, 0.4) is 0 Å². The molecule has 0 fully saturated rings. The number of ketones is 1. The number of hydrogen-bond donors (Lipinski definition) is 0. The van der Waals surface area contributed by atoms with Gasteiger partial charge in [0, 0.05) is 12.5 Å². The SMILES string of the molecule is Cc1ccc(CC(=O)c2cc(F)ccc2[N+](=O)[O-])cc1. The van der Waals surface area contributed by atoms with Gasteiger partial charge in [0.15, 0.2) is 5.78 Å². The molecule has 102 valence electrons. The van der Waals surface area contributed by atoms with Crippen molar-refractivity contribution < 1.29 is 14.1 Å². The molecule has 0 radical (unpaired) electrons. The molecule has 0 saturated carbocycles. The van der Waals surface area contributed by atoms with Crippen LogP contribution in [-0.4, -0.2) is 10.7 Å². The third-order valence-corrected chi connectivity index (χ3v) is 2.94. The van der Waals surface area contributed by atoms with Crippen LogP contribution in [-0.2, 0) is 6.42 Å². The van der Waals surface area contributed by atoms with Crippen molar-refractivity contribution in [3.05, 3.63) is 75.1 Å². The molecule has 0 aromatic heterocycles. The highest BCUT2D eigenvalue weighted by Gasteiger charge is 2.20. The second-order valence-electron chi connectivity index (χ2n) is 4.50. The topological polar surface area (TPSA) is 60.2 Å². The highest BCUT2D eigenvalue weighted by Crippen LogP contribution is 2.21. The molecule has 5 heteroatoms. The maximum Gasteiger partial charge on any atom is 0.280 e. The van der Waals surface area contributed by atoms with Gasteiger partial charge in [-0.25, -0.2) is 4.39 Å². The monoisotopic (exact) mass is 273 g/mol. The van der Waals surface area contributed by atoms with Gasteiger partial charge in [-0.2, -0.15) is 0 Å². The zero-order valence-corrected chi connectivity index (χ0v) is 10.8. The fraction of sp³-hybridized carbons (Fsp3) is 0.133. The average molecular weight is 273 g/mol. The third-order valence-electron chi connectivity index (χ3n) is 2.94. The molecule has 2 aromatic carbocycles. The van der Waals surface area contributed by atoms with E-state index in [1.807, 2.05) is 19.1 Å². The Bertz CT molecular complexity index is 665. The zero-order valence-electron chi connectivity index (χ0n) is 10.8. The van der Waals surface area contributed by atoms with Gasteiger partial charge in [-0.05, 0) is 24.6 Å². The lowest BCUT2D eigenvalue weighted by molar-refractivity contribution is -0.385. The quantitative estimate of drug-likeness (QED) is 0.487. The minimum atomic E-state index is -0.679. The first-order chi connectivity index (χ1) is 9.47. The van der Waals surface area contributed by atoms with Crippen molar-refractivity contribution in [2.24, 2.45) is 0 Å². The van der Waals surface area contributed by atoms with Crippen molar-refractivity contribution in [2.75, 3.05) is 0 Å². The normalized spacial score (nSPS) is 10.3. The van der Waals surface area contributed by atoms with Crippen molar-refractivity contribution in [2.45, 2.75) is 13.3 Å². The Kier molecular flexibility index (Phi) is 3.89. The van der Waals surface area contributed by atoms with E-state index in [1.165, 1.54) is 0 Å². The van der Waals surface area contributed by atoms with Gasteiger partial charge in [0.25, 0.3) is 5.69 Å². The van der Waals surface area contributed by atoms with E-state index >= 15 is 0 Å². The van der Waals surface area contributed by atoms with Crippen molar-refractivity contribution in [1.29, 1.82) is 0 Å². The largest absolute Gasteiger partial charge is 0.294 e. The number of Topliss-reactive ketones (excluding diaryl/α,β-unsaturated/α-hetero) is 1. The van der Waals surface area contributed by atoms with Gasteiger partial charge in [-0.3, -0.25) is 14.9 Å². The molecule has 4 nitrogen and oxygen atoms in total. The summed E-state index contributed by atoms with van der Waals surface area (Å²) in [6.45, 7) is 1.92. The Morgan fingerprint density at radius 1 is 1.20 bits per heavy atom. The number of halogens is 1. The smallest absolute Gasteiger partial charge is 0.280 e. The van der Waals surface area contributed by atoms with Crippen molar-refractivity contribution in [1.82, 2.24) is 0 Å². The van der Waals surface area contributed by atoms with Crippen LogP contribution in [0.25, 0.3) is 0 Å². The molecule has 0 aliphatic heterocycles. The van der Waals surface area contributed by atoms with E-state index in [0.717, 1.165) is 29.3 Å². The van der Waals surface area contributed by atoms with Gasteiger partial charge in [-0.1, -0.05) is 29.8 Å². The maximum atomic E-state index is 13.2. The molecule has 0 bridgehead atoms. The van der Waals surface area contributed by atoms with Crippen LogP contribution in [0.2, 0.25) is 0 Å². The van der Waals surface area contributed by atoms with E-state index in [0.29, 0.717) is 0 Å². The molecule has 0 aliphatic carbocycles. The van der Waals surface area contributed by atoms with Crippen molar-refractivity contribution >= 4 is 11.5 Å². The highest BCUT2D eigenvalue weighted by molar-refractivity contribution is 6.01. The van der Waals surface area contributed by atoms with Crippen LogP contribution in [0.5, 0.6) is 0 Å². The number of hydrogen-bond acceptors (Lipinski definition) is 3. The Morgan fingerprint density at radius 3 is 2.45 bits per heavy atom. The Hall–Kier alpha value is -2.56. The van der Waals surface area contributed by atoms with Gasteiger partial charge in [0.05, 0.1) is 10.5 Å². The maximum absolute atomic E-state index is 13.2. The standard InChI is InChI=1S/C15H12FNO3/c1-10-2-4-11(5-3-10)8-15(18)13-9-12(16)6-7-14(13)17(19)20/h2-7,9H,8H2,1H3. The summed E-state index contributed by atoms with van der Waals surface area (Å²) in [5, 5.41) is 10.9. The van der Waals surface area contributed by atoms with Crippen LogP contribution in [0.1, 0.15) is 21.5 Å². The van der Waals surface area contributed by atoms with Gasteiger partial charge in [0.1, 0.15) is 5.82 Å². The molecular formula is C15H12FNO3. The number of nitro benzene ring substituents is 1. The number of carbonyl (C=O) groups is 1. The lowest BCUT2D eigenvalue weighted by atomic mass is 10.0. The molecule has 0 amide bonds. The lowest BCUT2D eigenvalue weighted by Crippen LogP contribution is -2.07. The van der Waals surface area contributed by atoms with Crippen LogP contribution in [0.15, 0.2) is 42.5 Å². The van der Waals surface area contributed by atoms with E-state index in [4.69, 9.17) is 0 Å². The van der Waals surface area contributed by atoms with Gasteiger partial charge >= 0.3 is 0 Å². The Balaban J connectivity index is 2.31. The fourth-order valence-electron chi connectivity index (χ4n) is 1.88. The molecule has 0 N–H and O–H groups in total. The number of nitrogens with zero attached hydrogens (tertiary/aromatic N) is 1. The van der Waals surface area contributed by atoms with Crippen LogP contribution in [0.4, 0.5) is 10.1 Å². The molecule has 2 aromatic rings. The number of nitro groups is 1. The minimum absolute atomic E-state index is 0.00454. The van der Waals surface area contributed by atoms with Gasteiger partial charge < -0.3 is 0 Å². The second-order valence-corrected chi connectivity index (χ2v) is 4.50. The molecule has 0 spiro atoms. The second kappa shape index (κ2) is 5.61. The summed E-state index contributed by atoms with van der Waals surface area (Å²) >= 11 is 0. The Morgan fingerprint density at radius 2 is 1.85 bits per heavy atom. The third kappa shape index (κ3) is 3.06. The van der Waals surface area contributed by atoms with E-state index in [2.05, 4.69) is 0 Å². The minimum Gasteiger partial charge on any atom is -0.294 e. The average Bonchev–Trinajstić information content (AvgIpc) is 2.41. The first-order valence-corrected chi connectivity index (χ1v) is 6.00. The summed E-state index contributed by atoms with van der Waals surface area (Å²) < 4.78 is 13.2. The molecular weight excluding hydrogens is 261 g/mol. The van der Waals surface area contributed by atoms with E-state index in [9.17, 15) is 19.3 Å². The predicted octanol–water partition coefficient (Wildman–Crippen LogP) is 3.47. The molecule has 0 unspecified atom stereocenters. The van der Waals surface area contributed by atoms with Gasteiger partial charge in [-0.15, -0.1) is 0 Å². The molecule has 2 rings (SSSR count). The highest BCUT2D eigenvalue weighted by atomic mass is 19.1. The molecule has 0 aliphatic rings. The Labute approximate surface area is 115 Å². The molecule has 0 heterocycles. The summed E-state index contributed by atoms with van der Waals surface area (Å²) in [4.78, 5) is 22.3. The number of carbonyl (C=O) groups excluding carboxylic acids is 1. The number of aryl methyl sites for hydroxylation is 1.